The van der Waals surface area contributed by atoms with Gasteiger partial charge in [0.2, 0.25) is 5.95 Å². The topological polar surface area (TPSA) is 107 Å². The molecule has 2 heterocycles. The summed E-state index contributed by atoms with van der Waals surface area (Å²) >= 11 is 0. The van der Waals surface area contributed by atoms with E-state index in [1.807, 2.05) is 6.07 Å². The van der Waals surface area contributed by atoms with Gasteiger partial charge in [0, 0.05) is 37.2 Å². The van der Waals surface area contributed by atoms with Crippen molar-refractivity contribution in [3.8, 4) is 0 Å². The molecule has 0 unspecified atom stereocenters. The summed E-state index contributed by atoms with van der Waals surface area (Å²) in [5.74, 6) is 1.70. The maximum atomic E-state index is 5.92. The van der Waals surface area contributed by atoms with Crippen LogP contribution in [0, 0.1) is 0 Å². The van der Waals surface area contributed by atoms with Gasteiger partial charge >= 0.3 is 0 Å². The molecule has 1 aromatic rings. The molecule has 6 heteroatoms. The lowest BCUT2D eigenvalue weighted by atomic mass is 9.78. The largest absolute Gasteiger partial charge is 0.368 e. The van der Waals surface area contributed by atoms with Gasteiger partial charge in [-0.25, -0.2) is 4.98 Å². The van der Waals surface area contributed by atoms with E-state index in [1.165, 1.54) is 0 Å². The van der Waals surface area contributed by atoms with Crippen molar-refractivity contribution in [1.82, 2.24) is 9.97 Å². The number of nitrogen functional groups attached to an aromatic ring is 1. The minimum absolute atomic E-state index is 0.238. The van der Waals surface area contributed by atoms with Gasteiger partial charge in [-0.2, -0.15) is 4.98 Å². The first-order valence-electron chi connectivity index (χ1n) is 6.52. The van der Waals surface area contributed by atoms with Gasteiger partial charge in [-0.15, -0.1) is 0 Å². The standard InChI is InChI=1S/C12H20N6/c13-8-1-2-18(6-8)11-5-10(16-12(15)17-11)7-3-9(14)4-7/h5,7-9H,1-4,6,13-14H2,(H2,15,16,17)/t7?,8-,9?/m0/s1. The normalized spacial score (nSPS) is 31.4. The van der Waals surface area contributed by atoms with Crippen LogP contribution in [0.15, 0.2) is 6.07 Å². The average Bonchev–Trinajstić information content (AvgIpc) is 2.71. The molecule has 6 N–H and O–H groups in total. The maximum Gasteiger partial charge on any atom is 0.222 e. The second kappa shape index (κ2) is 4.37. The Hall–Kier alpha value is -1.40. The quantitative estimate of drug-likeness (QED) is 0.669. The highest BCUT2D eigenvalue weighted by Crippen LogP contribution is 2.36. The van der Waals surface area contributed by atoms with Crippen LogP contribution in [0.25, 0.3) is 0 Å². The smallest absolute Gasteiger partial charge is 0.222 e. The SMILES string of the molecule is Nc1nc(C2CC(N)C2)cc(N2CC[C@H](N)C2)n1. The van der Waals surface area contributed by atoms with Gasteiger partial charge < -0.3 is 22.1 Å². The molecule has 98 valence electrons. The van der Waals surface area contributed by atoms with Crippen molar-refractivity contribution in [2.45, 2.75) is 37.3 Å². The Morgan fingerprint density at radius 2 is 1.94 bits per heavy atom. The molecule has 0 bridgehead atoms. The minimum atomic E-state index is 0.238. The summed E-state index contributed by atoms with van der Waals surface area (Å²) in [6.45, 7) is 1.79. The third-order valence-electron chi connectivity index (χ3n) is 3.89. The fraction of sp³-hybridized carbons (Fsp3) is 0.667. The Balaban J connectivity index is 1.82. The van der Waals surface area contributed by atoms with E-state index in [-0.39, 0.29) is 6.04 Å². The first kappa shape index (κ1) is 11.7. The second-order valence-corrected chi connectivity index (χ2v) is 5.43. The first-order valence-corrected chi connectivity index (χ1v) is 6.52. The van der Waals surface area contributed by atoms with E-state index in [0.29, 0.717) is 17.9 Å². The Bertz CT molecular complexity index is 442. The van der Waals surface area contributed by atoms with E-state index in [4.69, 9.17) is 17.2 Å². The molecule has 1 atom stereocenters. The molecule has 1 aliphatic heterocycles. The molecule has 18 heavy (non-hydrogen) atoms. The number of nitrogens with two attached hydrogens (primary N) is 3. The van der Waals surface area contributed by atoms with Crippen molar-refractivity contribution in [2.24, 2.45) is 11.5 Å². The van der Waals surface area contributed by atoms with Crippen LogP contribution in [0.4, 0.5) is 11.8 Å². The summed E-state index contributed by atoms with van der Waals surface area (Å²) in [6, 6.07) is 2.60. The number of hydrogen-bond acceptors (Lipinski definition) is 6. The van der Waals surface area contributed by atoms with Crippen LogP contribution in [0.3, 0.4) is 0 Å². The Kier molecular flexibility index (Phi) is 2.83. The molecular formula is C12H20N6. The molecule has 6 nitrogen and oxygen atoms in total. The second-order valence-electron chi connectivity index (χ2n) is 5.43. The van der Waals surface area contributed by atoms with Crippen LogP contribution in [0.2, 0.25) is 0 Å². The molecule has 0 aromatic carbocycles. The van der Waals surface area contributed by atoms with Crippen LogP contribution in [-0.4, -0.2) is 35.1 Å². The molecule has 0 amide bonds. The van der Waals surface area contributed by atoms with Crippen molar-refractivity contribution < 1.29 is 0 Å². The zero-order valence-corrected chi connectivity index (χ0v) is 10.4. The summed E-state index contributed by atoms with van der Waals surface area (Å²) in [4.78, 5) is 10.8. The summed E-state index contributed by atoms with van der Waals surface area (Å²) < 4.78 is 0. The molecule has 1 aromatic heterocycles. The van der Waals surface area contributed by atoms with E-state index in [9.17, 15) is 0 Å². The zero-order chi connectivity index (χ0) is 12.7. The van der Waals surface area contributed by atoms with Crippen molar-refractivity contribution in [2.75, 3.05) is 23.7 Å². The van der Waals surface area contributed by atoms with E-state index in [0.717, 1.165) is 43.9 Å². The van der Waals surface area contributed by atoms with E-state index in [1.54, 1.807) is 0 Å². The summed E-state index contributed by atoms with van der Waals surface area (Å²) in [5.41, 5.74) is 18.6. The molecule has 0 radical (unpaired) electrons. The molecule has 0 spiro atoms. The lowest BCUT2D eigenvalue weighted by Gasteiger charge is -2.32. The fourth-order valence-corrected chi connectivity index (χ4v) is 2.74. The summed E-state index contributed by atoms with van der Waals surface area (Å²) in [7, 11) is 0. The lowest BCUT2D eigenvalue weighted by molar-refractivity contribution is 0.345. The number of nitrogens with zero attached hydrogens (tertiary/aromatic N) is 3. The Labute approximate surface area is 107 Å². The molecule has 3 rings (SSSR count). The molecular weight excluding hydrogens is 228 g/mol. The monoisotopic (exact) mass is 248 g/mol. The lowest BCUT2D eigenvalue weighted by Crippen LogP contribution is -2.35. The maximum absolute atomic E-state index is 5.92. The Morgan fingerprint density at radius 1 is 1.17 bits per heavy atom. The van der Waals surface area contributed by atoms with Crippen LogP contribution in [-0.2, 0) is 0 Å². The minimum Gasteiger partial charge on any atom is -0.368 e. The zero-order valence-electron chi connectivity index (χ0n) is 10.4. The van der Waals surface area contributed by atoms with Crippen LogP contribution in [0.5, 0.6) is 0 Å². The van der Waals surface area contributed by atoms with Gasteiger partial charge in [-0.3, -0.25) is 0 Å². The van der Waals surface area contributed by atoms with Gasteiger partial charge in [0.15, 0.2) is 0 Å². The van der Waals surface area contributed by atoms with Gasteiger partial charge in [-0.1, -0.05) is 0 Å². The van der Waals surface area contributed by atoms with E-state index in [2.05, 4.69) is 14.9 Å². The Morgan fingerprint density at radius 3 is 2.56 bits per heavy atom. The van der Waals surface area contributed by atoms with Gasteiger partial charge in [0.05, 0.1) is 5.69 Å². The highest BCUT2D eigenvalue weighted by Gasteiger charge is 2.30. The van der Waals surface area contributed by atoms with Crippen LogP contribution in [0.1, 0.15) is 30.9 Å². The molecule has 1 saturated heterocycles. The third-order valence-corrected chi connectivity index (χ3v) is 3.89. The van der Waals surface area contributed by atoms with Crippen molar-refractivity contribution >= 4 is 11.8 Å². The highest BCUT2D eigenvalue weighted by atomic mass is 15.2. The first-order chi connectivity index (χ1) is 8.61. The van der Waals surface area contributed by atoms with Crippen LogP contribution < -0.4 is 22.1 Å². The molecule has 2 fully saturated rings. The van der Waals surface area contributed by atoms with E-state index >= 15 is 0 Å². The summed E-state index contributed by atoms with van der Waals surface area (Å²) in [5, 5.41) is 0. The number of rotatable bonds is 2. The highest BCUT2D eigenvalue weighted by molar-refractivity contribution is 5.45. The predicted octanol–water partition coefficient (Wildman–Crippen LogP) is -0.199. The predicted molar refractivity (Wildman–Crippen MR) is 71.2 cm³/mol. The number of hydrogen-bond donors (Lipinski definition) is 3. The number of anilines is 2. The number of aromatic nitrogens is 2. The van der Waals surface area contributed by atoms with Gasteiger partial charge in [0.1, 0.15) is 5.82 Å². The molecule has 2 aliphatic rings. The van der Waals surface area contributed by atoms with Crippen molar-refractivity contribution in [3.05, 3.63) is 11.8 Å². The summed E-state index contributed by atoms with van der Waals surface area (Å²) in [6.07, 6.45) is 3.00. The van der Waals surface area contributed by atoms with Gasteiger partial charge in [0.25, 0.3) is 0 Å². The fourth-order valence-electron chi connectivity index (χ4n) is 2.74. The third kappa shape index (κ3) is 2.13. The average molecular weight is 248 g/mol. The van der Waals surface area contributed by atoms with Crippen LogP contribution >= 0.6 is 0 Å². The van der Waals surface area contributed by atoms with E-state index < -0.39 is 0 Å². The molecule has 1 saturated carbocycles. The van der Waals surface area contributed by atoms with Gasteiger partial charge in [-0.05, 0) is 19.3 Å². The van der Waals surface area contributed by atoms with Crippen molar-refractivity contribution in [3.63, 3.8) is 0 Å². The molecule has 1 aliphatic carbocycles. The van der Waals surface area contributed by atoms with Crippen molar-refractivity contribution in [1.29, 1.82) is 0 Å².